The number of aliphatic hydroxyl groups excluding tert-OH is 1. The van der Waals surface area contributed by atoms with Crippen LogP contribution in [0.2, 0.25) is 0 Å². The van der Waals surface area contributed by atoms with Gasteiger partial charge in [-0.05, 0) is 19.8 Å². The van der Waals surface area contributed by atoms with Crippen molar-refractivity contribution in [3.8, 4) is 0 Å². The second kappa shape index (κ2) is 13.5. The number of imidazole rings is 1. The molecule has 2 aromatic heterocycles. The first-order valence-electron chi connectivity index (χ1n) is 12.2. The Hall–Kier alpha value is -1.89. The van der Waals surface area contributed by atoms with Crippen molar-refractivity contribution >= 4 is 11.2 Å². The first-order chi connectivity index (χ1) is 14.9. The van der Waals surface area contributed by atoms with Crippen LogP contribution >= 0.6 is 0 Å². The fourth-order valence-electron chi connectivity index (χ4n) is 4.25. The molecular formula is C24H42N4O3. The molecule has 0 saturated heterocycles. The van der Waals surface area contributed by atoms with Gasteiger partial charge in [-0.2, -0.15) is 0 Å². The summed E-state index contributed by atoms with van der Waals surface area (Å²) in [7, 11) is 3.45. The third-order valence-electron chi connectivity index (χ3n) is 6.20. The van der Waals surface area contributed by atoms with Gasteiger partial charge in [-0.3, -0.25) is 13.9 Å². The van der Waals surface area contributed by atoms with E-state index in [1.807, 2.05) is 6.92 Å². The van der Waals surface area contributed by atoms with Crippen LogP contribution in [0, 0.1) is 0 Å². The smallest absolute Gasteiger partial charge is 0.332 e. The molecule has 7 nitrogen and oxygen atoms in total. The normalized spacial score (nSPS) is 12.6. The van der Waals surface area contributed by atoms with E-state index in [0.717, 1.165) is 32.1 Å². The third kappa shape index (κ3) is 7.95. The topological polar surface area (TPSA) is 82.1 Å². The zero-order valence-electron chi connectivity index (χ0n) is 19.8. The van der Waals surface area contributed by atoms with E-state index < -0.39 is 0 Å². The van der Waals surface area contributed by atoms with Crippen molar-refractivity contribution < 1.29 is 5.11 Å². The lowest BCUT2D eigenvalue weighted by molar-refractivity contribution is 0.180. The minimum absolute atomic E-state index is 0.147. The van der Waals surface area contributed by atoms with Crippen LogP contribution in [0.5, 0.6) is 0 Å². The highest BCUT2D eigenvalue weighted by Gasteiger charge is 2.14. The Morgan fingerprint density at radius 2 is 1.32 bits per heavy atom. The Kier molecular flexibility index (Phi) is 11.1. The number of hydrogen-bond donors (Lipinski definition) is 1. The number of aliphatic hydroxyl groups is 1. The lowest BCUT2D eigenvalue weighted by Crippen LogP contribution is -2.39. The van der Waals surface area contributed by atoms with Crippen LogP contribution < -0.4 is 11.2 Å². The van der Waals surface area contributed by atoms with Gasteiger partial charge in [0, 0.05) is 20.6 Å². The van der Waals surface area contributed by atoms with Crippen LogP contribution in [0.4, 0.5) is 0 Å². The molecule has 0 aliphatic heterocycles. The number of aryl methyl sites for hydroxylation is 2. The van der Waals surface area contributed by atoms with Gasteiger partial charge < -0.3 is 9.67 Å². The van der Waals surface area contributed by atoms with Gasteiger partial charge in [0.05, 0.1) is 12.4 Å². The highest BCUT2D eigenvalue weighted by atomic mass is 16.3. The molecule has 0 spiro atoms. The number of fused-ring (bicyclic) bond motifs is 1. The zero-order valence-corrected chi connectivity index (χ0v) is 19.8. The van der Waals surface area contributed by atoms with Crippen LogP contribution in [0.25, 0.3) is 11.2 Å². The fraction of sp³-hybridized carbons (Fsp3) is 0.792. The lowest BCUT2D eigenvalue weighted by Gasteiger charge is -2.08. The van der Waals surface area contributed by atoms with Gasteiger partial charge in [-0.1, -0.05) is 77.0 Å². The molecule has 7 heteroatoms. The summed E-state index contributed by atoms with van der Waals surface area (Å²) in [5.74, 6) is 0. The maximum Gasteiger partial charge on any atom is 0.332 e. The van der Waals surface area contributed by atoms with E-state index in [2.05, 4.69) is 4.98 Å². The van der Waals surface area contributed by atoms with Crippen LogP contribution in [-0.4, -0.2) is 29.9 Å². The zero-order chi connectivity index (χ0) is 22.6. The highest BCUT2D eigenvalue weighted by molar-refractivity contribution is 5.69. The van der Waals surface area contributed by atoms with Crippen molar-refractivity contribution in [2.45, 2.75) is 109 Å². The number of unbranched alkanes of at least 4 members (excludes halogenated alkanes) is 12. The average molecular weight is 435 g/mol. The third-order valence-corrected chi connectivity index (χ3v) is 6.20. The van der Waals surface area contributed by atoms with E-state index in [1.54, 1.807) is 25.0 Å². The predicted molar refractivity (Wildman–Crippen MR) is 127 cm³/mol. The molecule has 0 aliphatic rings. The van der Waals surface area contributed by atoms with Crippen molar-refractivity contribution in [2.24, 2.45) is 14.1 Å². The second-order valence-electron chi connectivity index (χ2n) is 9.06. The van der Waals surface area contributed by atoms with Gasteiger partial charge in [0.1, 0.15) is 0 Å². The van der Waals surface area contributed by atoms with Gasteiger partial charge in [0.2, 0.25) is 0 Å². The molecule has 1 unspecified atom stereocenters. The quantitative estimate of drug-likeness (QED) is 0.400. The van der Waals surface area contributed by atoms with E-state index in [-0.39, 0.29) is 17.4 Å². The van der Waals surface area contributed by atoms with E-state index >= 15 is 0 Å². The Bertz CT molecular complexity index is 895. The first kappa shape index (κ1) is 25.4. The molecule has 2 rings (SSSR count). The molecule has 0 bridgehead atoms. The summed E-state index contributed by atoms with van der Waals surface area (Å²) >= 11 is 0. The minimum atomic E-state index is -0.279. The minimum Gasteiger partial charge on any atom is -0.393 e. The van der Waals surface area contributed by atoms with Crippen molar-refractivity contribution in [2.75, 3.05) is 0 Å². The summed E-state index contributed by atoms with van der Waals surface area (Å²) in [6.45, 7) is 2.34. The van der Waals surface area contributed by atoms with Crippen molar-refractivity contribution in [3.63, 3.8) is 0 Å². The molecule has 2 aromatic rings. The van der Waals surface area contributed by atoms with Crippen LogP contribution in [0.3, 0.4) is 0 Å². The summed E-state index contributed by atoms with van der Waals surface area (Å²) in [4.78, 5) is 29.3. The van der Waals surface area contributed by atoms with Crippen molar-refractivity contribution in [1.82, 2.24) is 18.7 Å². The monoisotopic (exact) mass is 434 g/mol. The predicted octanol–water partition coefficient (Wildman–Crippen LogP) is 4.28. The Balaban J connectivity index is 1.53. The molecule has 0 amide bonds. The molecule has 176 valence electrons. The van der Waals surface area contributed by atoms with Crippen LogP contribution in [0.1, 0.15) is 96.8 Å². The molecule has 0 aromatic carbocycles. The fourth-order valence-corrected chi connectivity index (χ4v) is 4.25. The summed E-state index contributed by atoms with van der Waals surface area (Å²) in [6, 6.07) is 0. The molecule has 0 aliphatic carbocycles. The summed E-state index contributed by atoms with van der Waals surface area (Å²) in [5.41, 5.74) is 0.423. The van der Waals surface area contributed by atoms with E-state index in [4.69, 9.17) is 0 Å². The summed E-state index contributed by atoms with van der Waals surface area (Å²) in [6.07, 6.45) is 18.2. The molecule has 0 fully saturated rings. The summed E-state index contributed by atoms with van der Waals surface area (Å²) < 4.78 is 4.51. The molecule has 1 N–H and O–H groups in total. The van der Waals surface area contributed by atoms with E-state index in [9.17, 15) is 14.7 Å². The lowest BCUT2D eigenvalue weighted by atomic mass is 10.0. The van der Waals surface area contributed by atoms with Gasteiger partial charge >= 0.3 is 5.69 Å². The Morgan fingerprint density at radius 3 is 1.84 bits per heavy atom. The largest absolute Gasteiger partial charge is 0.393 e. The first-order valence-corrected chi connectivity index (χ1v) is 12.2. The van der Waals surface area contributed by atoms with Crippen LogP contribution in [-0.2, 0) is 20.6 Å². The van der Waals surface area contributed by atoms with Gasteiger partial charge in [-0.15, -0.1) is 0 Å². The molecular weight excluding hydrogens is 392 g/mol. The summed E-state index contributed by atoms with van der Waals surface area (Å²) in [5, 5.41) is 9.23. The second-order valence-corrected chi connectivity index (χ2v) is 9.06. The molecule has 2 heterocycles. The maximum atomic E-state index is 12.7. The standard InChI is InChI=1S/C24H42N4O3/c1-20(29)17-15-13-11-9-7-5-4-6-8-10-12-14-16-18-28-23(30)21-22(25-19-26(21)2)27(3)24(28)31/h19-20,29H,4-18H2,1-3H3. The number of aromatic nitrogens is 4. The van der Waals surface area contributed by atoms with Gasteiger partial charge in [-0.25, -0.2) is 9.78 Å². The molecule has 0 radical (unpaired) electrons. The maximum absolute atomic E-state index is 12.7. The highest BCUT2D eigenvalue weighted by Crippen LogP contribution is 2.13. The number of hydrogen-bond acceptors (Lipinski definition) is 4. The Morgan fingerprint density at radius 1 is 0.839 bits per heavy atom. The van der Waals surface area contributed by atoms with Crippen LogP contribution in [0.15, 0.2) is 15.9 Å². The molecule has 1 atom stereocenters. The molecule has 0 saturated carbocycles. The van der Waals surface area contributed by atoms with Crippen molar-refractivity contribution in [1.29, 1.82) is 0 Å². The van der Waals surface area contributed by atoms with E-state index in [1.165, 1.54) is 66.9 Å². The Labute approximate surface area is 186 Å². The van der Waals surface area contributed by atoms with Gasteiger partial charge in [0.15, 0.2) is 11.2 Å². The number of nitrogens with zero attached hydrogens (tertiary/aromatic N) is 4. The van der Waals surface area contributed by atoms with E-state index in [0.29, 0.717) is 17.7 Å². The number of rotatable bonds is 16. The average Bonchev–Trinajstić information content (AvgIpc) is 3.13. The van der Waals surface area contributed by atoms with Gasteiger partial charge in [0.25, 0.3) is 5.56 Å². The molecule has 31 heavy (non-hydrogen) atoms. The SMILES string of the molecule is CC(O)CCCCCCCCCCCCCCCn1c(=O)c2c(ncn2C)n(C)c1=O. The van der Waals surface area contributed by atoms with Crippen molar-refractivity contribution in [3.05, 3.63) is 27.2 Å².